The van der Waals surface area contributed by atoms with Crippen molar-refractivity contribution in [3.63, 3.8) is 0 Å². The zero-order chi connectivity index (χ0) is 16.4. The Morgan fingerprint density at radius 1 is 1.17 bits per heavy atom. The first-order valence-corrected chi connectivity index (χ1v) is 8.42. The SMILES string of the molecule is CN(C)c1cccc(Nc2c(C#N)cnc3ccc([AsH2])cc23)c1. The minimum absolute atomic E-state index is 0.547. The molecule has 0 saturated carbocycles. The summed E-state index contributed by atoms with van der Waals surface area (Å²) in [5.41, 5.74) is 4.30. The van der Waals surface area contributed by atoms with Gasteiger partial charge in [-0.3, -0.25) is 0 Å². The van der Waals surface area contributed by atoms with E-state index in [9.17, 15) is 5.26 Å². The number of anilines is 3. The summed E-state index contributed by atoms with van der Waals surface area (Å²) in [6, 6.07) is 16.5. The molecule has 2 aromatic carbocycles. The first-order valence-electron chi connectivity index (χ1n) is 7.21. The molecular formula is C18H17AsN4. The van der Waals surface area contributed by atoms with Gasteiger partial charge < -0.3 is 0 Å². The summed E-state index contributed by atoms with van der Waals surface area (Å²) in [7, 11) is 4.01. The Morgan fingerprint density at radius 3 is 2.74 bits per heavy atom. The van der Waals surface area contributed by atoms with Gasteiger partial charge in [0.15, 0.2) is 0 Å². The van der Waals surface area contributed by atoms with Gasteiger partial charge in [0.1, 0.15) is 0 Å². The zero-order valence-corrected chi connectivity index (χ0v) is 15.5. The summed E-state index contributed by atoms with van der Waals surface area (Å²) in [4.78, 5) is 6.43. The van der Waals surface area contributed by atoms with Crippen LogP contribution in [0.4, 0.5) is 17.1 Å². The van der Waals surface area contributed by atoms with Crippen molar-refractivity contribution in [2.75, 3.05) is 24.3 Å². The van der Waals surface area contributed by atoms with E-state index in [1.165, 1.54) is 4.35 Å². The molecule has 114 valence electrons. The molecule has 23 heavy (non-hydrogen) atoms. The van der Waals surface area contributed by atoms with Crippen LogP contribution in [-0.4, -0.2) is 35.9 Å². The third kappa shape index (κ3) is 3.16. The Labute approximate surface area is 144 Å². The third-order valence-electron chi connectivity index (χ3n) is 3.64. The summed E-state index contributed by atoms with van der Waals surface area (Å²) < 4.78 is 1.20. The Hall–Kier alpha value is -2.50. The van der Waals surface area contributed by atoms with Crippen molar-refractivity contribution < 1.29 is 0 Å². The Bertz CT molecular complexity index is 913. The van der Waals surface area contributed by atoms with Gasteiger partial charge in [-0.25, -0.2) is 0 Å². The number of nitriles is 1. The van der Waals surface area contributed by atoms with Gasteiger partial charge in [0.2, 0.25) is 0 Å². The van der Waals surface area contributed by atoms with Crippen molar-refractivity contribution in [3.8, 4) is 6.07 Å². The molecule has 1 aromatic heterocycles. The zero-order valence-electron chi connectivity index (χ0n) is 13.0. The second-order valence-electron chi connectivity index (χ2n) is 5.51. The van der Waals surface area contributed by atoms with Gasteiger partial charge in [0.05, 0.1) is 0 Å². The van der Waals surface area contributed by atoms with Crippen molar-refractivity contribution in [2.24, 2.45) is 0 Å². The van der Waals surface area contributed by atoms with Crippen LogP contribution in [0, 0.1) is 11.3 Å². The molecule has 0 bridgehead atoms. The molecule has 1 atom stereocenters. The second kappa shape index (κ2) is 6.32. The number of rotatable bonds is 3. The van der Waals surface area contributed by atoms with Crippen molar-refractivity contribution in [3.05, 3.63) is 54.2 Å². The molecule has 0 radical (unpaired) electrons. The molecule has 0 aliphatic rings. The van der Waals surface area contributed by atoms with Gasteiger partial charge in [-0.2, -0.15) is 0 Å². The number of benzene rings is 2. The van der Waals surface area contributed by atoms with E-state index in [2.05, 4.69) is 34.6 Å². The van der Waals surface area contributed by atoms with Crippen molar-refractivity contribution in [1.29, 1.82) is 5.26 Å². The van der Waals surface area contributed by atoms with Crippen LogP contribution in [0.5, 0.6) is 0 Å². The second-order valence-corrected chi connectivity index (χ2v) is 6.90. The van der Waals surface area contributed by atoms with Crippen LogP contribution < -0.4 is 14.6 Å². The van der Waals surface area contributed by atoms with Crippen LogP contribution in [0.1, 0.15) is 5.56 Å². The molecule has 3 rings (SSSR count). The van der Waals surface area contributed by atoms with Crippen LogP contribution in [0.25, 0.3) is 10.9 Å². The van der Waals surface area contributed by atoms with E-state index < -0.39 is 0 Å². The number of aromatic nitrogens is 1. The maximum atomic E-state index is 9.43. The van der Waals surface area contributed by atoms with Crippen LogP contribution in [0.15, 0.2) is 48.7 Å². The fourth-order valence-electron chi connectivity index (χ4n) is 2.44. The number of pyridine rings is 1. The van der Waals surface area contributed by atoms with E-state index >= 15 is 0 Å². The van der Waals surface area contributed by atoms with Gasteiger partial charge in [-0.05, 0) is 0 Å². The Morgan fingerprint density at radius 2 is 2.00 bits per heavy atom. The molecule has 1 heterocycles. The molecule has 0 aliphatic heterocycles. The number of nitrogens with one attached hydrogen (secondary N) is 1. The average molecular weight is 364 g/mol. The number of fused-ring (bicyclic) bond motifs is 1. The predicted molar refractivity (Wildman–Crippen MR) is 98.7 cm³/mol. The summed E-state index contributed by atoms with van der Waals surface area (Å²) >= 11 is 1.55. The van der Waals surface area contributed by atoms with Crippen molar-refractivity contribution in [1.82, 2.24) is 4.98 Å². The van der Waals surface area contributed by atoms with Crippen LogP contribution in [-0.2, 0) is 0 Å². The van der Waals surface area contributed by atoms with E-state index in [-0.39, 0.29) is 0 Å². The van der Waals surface area contributed by atoms with Gasteiger partial charge >= 0.3 is 144 Å². The number of hydrogen-bond donors (Lipinski definition) is 1. The molecule has 0 saturated heterocycles. The minimum atomic E-state index is 0.547. The molecule has 3 aromatic rings. The van der Waals surface area contributed by atoms with Crippen LogP contribution in [0.2, 0.25) is 0 Å². The van der Waals surface area contributed by atoms with E-state index in [1.807, 2.05) is 43.3 Å². The van der Waals surface area contributed by atoms with Crippen molar-refractivity contribution >= 4 is 49.2 Å². The maximum absolute atomic E-state index is 9.43. The topological polar surface area (TPSA) is 52.0 Å². The molecule has 5 heteroatoms. The molecule has 0 aliphatic carbocycles. The van der Waals surface area contributed by atoms with Crippen LogP contribution in [0.3, 0.4) is 0 Å². The fourth-order valence-corrected chi connectivity index (χ4v) is 2.99. The van der Waals surface area contributed by atoms with Gasteiger partial charge in [0.25, 0.3) is 0 Å². The quantitative estimate of drug-likeness (QED) is 0.724. The molecule has 1 unspecified atom stereocenters. The summed E-state index contributed by atoms with van der Waals surface area (Å²) in [5, 5.41) is 13.8. The summed E-state index contributed by atoms with van der Waals surface area (Å²) in [6.45, 7) is 0. The van der Waals surface area contributed by atoms with E-state index in [0.717, 1.165) is 28.0 Å². The third-order valence-corrected chi connectivity index (χ3v) is 4.40. The summed E-state index contributed by atoms with van der Waals surface area (Å²) in [6.07, 6.45) is 1.63. The van der Waals surface area contributed by atoms with Gasteiger partial charge in [0, 0.05) is 0 Å². The molecule has 4 nitrogen and oxygen atoms in total. The first-order chi connectivity index (χ1) is 11.1. The normalized spacial score (nSPS) is 10.3. The Balaban J connectivity index is 2.13. The van der Waals surface area contributed by atoms with E-state index in [0.29, 0.717) is 5.56 Å². The monoisotopic (exact) mass is 364 g/mol. The number of nitrogens with zero attached hydrogens (tertiary/aromatic N) is 3. The van der Waals surface area contributed by atoms with Gasteiger partial charge in [-0.1, -0.05) is 0 Å². The van der Waals surface area contributed by atoms with Crippen molar-refractivity contribution in [2.45, 2.75) is 0 Å². The molecule has 1 N–H and O–H groups in total. The van der Waals surface area contributed by atoms with Crippen LogP contribution >= 0.6 is 0 Å². The molecular weight excluding hydrogens is 347 g/mol. The van der Waals surface area contributed by atoms with Gasteiger partial charge in [-0.15, -0.1) is 0 Å². The fraction of sp³-hybridized carbons (Fsp3) is 0.111. The number of hydrogen-bond acceptors (Lipinski definition) is 4. The average Bonchev–Trinajstić information content (AvgIpc) is 2.55. The standard InChI is InChI=1S/C18H17AsN4/c1-23(2)15-5-3-4-14(9-15)22-18-12(10-20)11-21-17-7-6-13(19)8-16(17)18/h3-9,11H,19H2,1-2H3,(H,21,22). The van der Waals surface area contributed by atoms with E-state index in [4.69, 9.17) is 0 Å². The predicted octanol–water partition coefficient (Wildman–Crippen LogP) is 2.17. The summed E-state index contributed by atoms with van der Waals surface area (Å²) in [5.74, 6) is 0. The molecule has 0 amide bonds. The Kier molecular flexibility index (Phi) is 4.23. The molecule has 0 spiro atoms. The first kappa shape index (κ1) is 15.4. The van der Waals surface area contributed by atoms with E-state index in [1.54, 1.807) is 23.0 Å². The molecule has 0 fully saturated rings.